The molecule has 6 nitrogen and oxygen atoms in total. The van der Waals surface area contributed by atoms with Crippen molar-refractivity contribution in [3.63, 3.8) is 0 Å². The van der Waals surface area contributed by atoms with Crippen molar-refractivity contribution in [1.29, 1.82) is 0 Å². The van der Waals surface area contributed by atoms with Gasteiger partial charge in [-0.3, -0.25) is 14.6 Å². The van der Waals surface area contributed by atoms with Crippen LogP contribution in [0.5, 0.6) is 5.75 Å². The summed E-state index contributed by atoms with van der Waals surface area (Å²) in [7, 11) is 1.56. The molecular formula is C22H23N3O3. The summed E-state index contributed by atoms with van der Waals surface area (Å²) >= 11 is 0. The molecule has 144 valence electrons. The highest BCUT2D eigenvalue weighted by Gasteiger charge is 2.37. The SMILES string of the molecule is COc1ccc(C)cc1NC(=O)CN1C(=O)[C@@H]2CCCC2=Nc2ccccc21. The minimum absolute atomic E-state index is 0.0486. The van der Waals surface area contributed by atoms with Gasteiger partial charge in [0.05, 0.1) is 30.1 Å². The van der Waals surface area contributed by atoms with Gasteiger partial charge in [0, 0.05) is 5.71 Å². The van der Waals surface area contributed by atoms with E-state index >= 15 is 0 Å². The Morgan fingerprint density at radius 3 is 2.93 bits per heavy atom. The lowest BCUT2D eigenvalue weighted by molar-refractivity contribution is -0.123. The number of aryl methyl sites for hydroxylation is 1. The number of methoxy groups -OCH3 is 1. The van der Waals surface area contributed by atoms with Crippen LogP contribution in [0.3, 0.4) is 0 Å². The van der Waals surface area contributed by atoms with Gasteiger partial charge in [0.15, 0.2) is 0 Å². The van der Waals surface area contributed by atoms with Crippen LogP contribution in [0.25, 0.3) is 0 Å². The van der Waals surface area contributed by atoms with Crippen LogP contribution in [0.2, 0.25) is 0 Å². The van der Waals surface area contributed by atoms with E-state index in [2.05, 4.69) is 5.32 Å². The van der Waals surface area contributed by atoms with Gasteiger partial charge in [-0.25, -0.2) is 0 Å². The molecule has 2 aliphatic rings. The van der Waals surface area contributed by atoms with Crippen molar-refractivity contribution in [3.8, 4) is 5.75 Å². The molecule has 1 fully saturated rings. The van der Waals surface area contributed by atoms with Crippen molar-refractivity contribution in [2.45, 2.75) is 26.2 Å². The van der Waals surface area contributed by atoms with Gasteiger partial charge in [-0.15, -0.1) is 0 Å². The van der Waals surface area contributed by atoms with Gasteiger partial charge in [0.2, 0.25) is 11.8 Å². The number of anilines is 2. The molecule has 2 aromatic carbocycles. The number of para-hydroxylation sites is 2. The lowest BCUT2D eigenvalue weighted by atomic mass is 10.1. The number of amides is 2. The molecule has 0 radical (unpaired) electrons. The summed E-state index contributed by atoms with van der Waals surface area (Å²) in [4.78, 5) is 32.3. The minimum atomic E-state index is -0.270. The first-order valence-corrected chi connectivity index (χ1v) is 9.49. The van der Waals surface area contributed by atoms with Crippen molar-refractivity contribution < 1.29 is 14.3 Å². The van der Waals surface area contributed by atoms with Crippen molar-refractivity contribution >= 4 is 34.6 Å². The maximum Gasteiger partial charge on any atom is 0.244 e. The summed E-state index contributed by atoms with van der Waals surface area (Å²) in [5.41, 5.74) is 3.97. The lowest BCUT2D eigenvalue weighted by Gasteiger charge is -2.24. The van der Waals surface area contributed by atoms with E-state index in [1.54, 1.807) is 12.0 Å². The number of nitrogens with zero attached hydrogens (tertiary/aromatic N) is 2. The van der Waals surface area contributed by atoms with Crippen molar-refractivity contribution in [2.75, 3.05) is 23.9 Å². The largest absolute Gasteiger partial charge is 0.495 e. The zero-order chi connectivity index (χ0) is 19.7. The molecule has 28 heavy (non-hydrogen) atoms. The topological polar surface area (TPSA) is 71.0 Å². The number of aliphatic imine (C=N–C) groups is 1. The van der Waals surface area contributed by atoms with Crippen LogP contribution in [-0.4, -0.2) is 31.2 Å². The minimum Gasteiger partial charge on any atom is -0.495 e. The molecule has 1 aliphatic carbocycles. The molecule has 2 amide bonds. The van der Waals surface area contributed by atoms with Crippen molar-refractivity contribution in [1.82, 2.24) is 0 Å². The summed E-state index contributed by atoms with van der Waals surface area (Å²) in [6.07, 6.45) is 2.58. The van der Waals surface area contributed by atoms with Crippen molar-refractivity contribution in [3.05, 3.63) is 48.0 Å². The van der Waals surface area contributed by atoms with E-state index in [1.807, 2.05) is 49.4 Å². The van der Waals surface area contributed by atoms with Crippen LogP contribution in [0.4, 0.5) is 17.1 Å². The van der Waals surface area contributed by atoms with Crippen LogP contribution in [-0.2, 0) is 9.59 Å². The second-order valence-electron chi connectivity index (χ2n) is 7.21. The molecule has 1 heterocycles. The second kappa shape index (κ2) is 7.46. The third-order valence-electron chi connectivity index (χ3n) is 5.26. The van der Waals surface area contributed by atoms with Gasteiger partial charge in [-0.2, -0.15) is 0 Å². The molecule has 0 aromatic heterocycles. The molecule has 1 saturated carbocycles. The van der Waals surface area contributed by atoms with Crippen LogP contribution >= 0.6 is 0 Å². The highest BCUT2D eigenvalue weighted by Crippen LogP contribution is 2.37. The highest BCUT2D eigenvalue weighted by atomic mass is 16.5. The van der Waals surface area contributed by atoms with Gasteiger partial charge >= 0.3 is 0 Å². The second-order valence-corrected chi connectivity index (χ2v) is 7.21. The fourth-order valence-corrected chi connectivity index (χ4v) is 3.89. The Labute approximate surface area is 164 Å². The maximum absolute atomic E-state index is 13.2. The Kier molecular flexibility index (Phi) is 4.86. The van der Waals surface area contributed by atoms with Crippen molar-refractivity contribution in [2.24, 2.45) is 10.9 Å². The third-order valence-corrected chi connectivity index (χ3v) is 5.26. The summed E-state index contributed by atoms with van der Waals surface area (Å²) in [5, 5.41) is 2.89. The number of hydrogen-bond donors (Lipinski definition) is 1. The van der Waals surface area contributed by atoms with E-state index < -0.39 is 0 Å². The Hall–Kier alpha value is -3.15. The molecule has 6 heteroatoms. The normalized spacial score (nSPS) is 18.1. The molecule has 0 spiro atoms. The number of hydrogen-bond acceptors (Lipinski definition) is 4. The number of fused-ring (bicyclic) bond motifs is 2. The number of benzene rings is 2. The highest BCUT2D eigenvalue weighted by molar-refractivity contribution is 6.16. The molecule has 0 saturated heterocycles. The van der Waals surface area contributed by atoms with E-state index in [0.717, 1.165) is 36.2 Å². The Morgan fingerprint density at radius 2 is 2.11 bits per heavy atom. The Balaban J connectivity index is 1.61. The van der Waals surface area contributed by atoms with E-state index in [-0.39, 0.29) is 24.3 Å². The fraction of sp³-hybridized carbons (Fsp3) is 0.318. The van der Waals surface area contributed by atoms with Gasteiger partial charge in [-0.1, -0.05) is 18.2 Å². The summed E-state index contributed by atoms with van der Waals surface area (Å²) in [6, 6.07) is 13.1. The molecule has 1 N–H and O–H groups in total. The predicted octanol–water partition coefficient (Wildman–Crippen LogP) is 3.86. The molecule has 4 rings (SSSR count). The van der Waals surface area contributed by atoms with E-state index in [1.165, 1.54) is 0 Å². The van der Waals surface area contributed by atoms with Crippen LogP contribution < -0.4 is 15.0 Å². The first-order chi connectivity index (χ1) is 13.6. The summed E-state index contributed by atoms with van der Waals surface area (Å²) in [5.74, 6) is 0.0396. The van der Waals surface area contributed by atoms with Crippen LogP contribution in [0, 0.1) is 12.8 Å². The number of nitrogens with one attached hydrogen (secondary N) is 1. The molecule has 0 unspecified atom stereocenters. The fourth-order valence-electron chi connectivity index (χ4n) is 3.89. The average molecular weight is 377 g/mol. The Bertz CT molecular complexity index is 967. The monoisotopic (exact) mass is 377 g/mol. The van der Waals surface area contributed by atoms with Gasteiger partial charge in [0.25, 0.3) is 0 Å². The quantitative estimate of drug-likeness (QED) is 0.879. The van der Waals surface area contributed by atoms with E-state index in [4.69, 9.17) is 9.73 Å². The molecule has 2 aromatic rings. The maximum atomic E-state index is 13.2. The number of ether oxygens (including phenoxy) is 1. The van der Waals surface area contributed by atoms with Crippen LogP contribution in [0.1, 0.15) is 24.8 Å². The predicted molar refractivity (Wildman–Crippen MR) is 110 cm³/mol. The smallest absolute Gasteiger partial charge is 0.244 e. The van der Waals surface area contributed by atoms with E-state index in [9.17, 15) is 9.59 Å². The van der Waals surface area contributed by atoms with E-state index in [0.29, 0.717) is 17.1 Å². The standard InChI is InChI=1S/C22H23N3O3/c1-14-10-11-20(28-2)18(12-14)24-21(26)13-25-19-9-4-3-7-17(19)23-16-8-5-6-15(16)22(25)27/h3-4,7,9-12,15H,5-6,8,13H2,1-2H3,(H,24,26)/t15-/m1/s1. The molecule has 0 bridgehead atoms. The lowest BCUT2D eigenvalue weighted by Crippen LogP contribution is -2.41. The number of carbonyl (C=O) groups is 2. The zero-order valence-electron chi connectivity index (χ0n) is 16.1. The first kappa shape index (κ1) is 18.2. The molecule has 1 atom stereocenters. The number of carbonyl (C=O) groups excluding carboxylic acids is 2. The van der Waals surface area contributed by atoms with Gasteiger partial charge in [0.1, 0.15) is 12.3 Å². The first-order valence-electron chi connectivity index (χ1n) is 9.49. The average Bonchev–Trinajstić information content (AvgIpc) is 3.11. The third kappa shape index (κ3) is 3.38. The number of rotatable bonds is 4. The van der Waals surface area contributed by atoms with Gasteiger partial charge < -0.3 is 15.0 Å². The van der Waals surface area contributed by atoms with Gasteiger partial charge in [-0.05, 0) is 56.0 Å². The summed E-state index contributed by atoms with van der Waals surface area (Å²) in [6.45, 7) is 1.88. The Morgan fingerprint density at radius 1 is 1.29 bits per heavy atom. The molecule has 1 aliphatic heterocycles. The molecular weight excluding hydrogens is 354 g/mol. The summed E-state index contributed by atoms with van der Waals surface area (Å²) < 4.78 is 5.33. The zero-order valence-corrected chi connectivity index (χ0v) is 16.1. The van der Waals surface area contributed by atoms with Crippen LogP contribution in [0.15, 0.2) is 47.5 Å².